The standard InChI is InChI=1S/C17H18N2O3.Na/c20-16(21)10-4-5-12-22-19-17(14-7-2-1-3-8-14)15-9-6-11-18-13-15;/h1-3,6-9,11,13H,4-5,10,12H2,(H,20,21);/q;+1/p-1/b19-17+;. The summed E-state index contributed by atoms with van der Waals surface area (Å²) in [5, 5.41) is 14.5. The molecule has 0 N–H and O–H groups in total. The Kier molecular flexibility index (Phi) is 9.21. The van der Waals surface area contributed by atoms with E-state index in [4.69, 9.17) is 4.84 Å². The third kappa shape index (κ3) is 6.95. The number of carboxylic acids is 1. The number of oxime groups is 1. The summed E-state index contributed by atoms with van der Waals surface area (Å²) in [5.41, 5.74) is 2.50. The van der Waals surface area contributed by atoms with Crippen LogP contribution >= 0.6 is 0 Å². The molecule has 1 aromatic heterocycles. The van der Waals surface area contributed by atoms with Crippen LogP contribution in [0.15, 0.2) is 60.0 Å². The molecule has 0 radical (unpaired) electrons. The van der Waals surface area contributed by atoms with Gasteiger partial charge in [-0.2, -0.15) is 0 Å². The molecule has 0 fully saturated rings. The molecule has 0 atom stereocenters. The molecule has 1 aromatic carbocycles. The molecule has 2 aromatic rings. The maximum atomic E-state index is 10.3. The number of hydrogen-bond acceptors (Lipinski definition) is 5. The molecule has 0 aliphatic carbocycles. The number of benzene rings is 1. The first-order chi connectivity index (χ1) is 10.8. The zero-order valence-electron chi connectivity index (χ0n) is 13.1. The van der Waals surface area contributed by atoms with Gasteiger partial charge in [0.15, 0.2) is 0 Å². The predicted octanol–water partition coefficient (Wildman–Crippen LogP) is -1.23. The van der Waals surface area contributed by atoms with Gasteiger partial charge in [-0.3, -0.25) is 4.98 Å². The van der Waals surface area contributed by atoms with Crippen molar-refractivity contribution in [1.29, 1.82) is 0 Å². The number of aromatic nitrogens is 1. The zero-order valence-corrected chi connectivity index (χ0v) is 15.1. The molecule has 0 aliphatic heterocycles. The Morgan fingerprint density at radius 1 is 1.09 bits per heavy atom. The fourth-order valence-electron chi connectivity index (χ4n) is 1.92. The Hall–Kier alpha value is -1.69. The zero-order chi connectivity index (χ0) is 15.6. The third-order valence-electron chi connectivity index (χ3n) is 3.00. The van der Waals surface area contributed by atoms with E-state index in [1.165, 1.54) is 0 Å². The minimum absolute atomic E-state index is 0. The first-order valence-corrected chi connectivity index (χ1v) is 7.13. The van der Waals surface area contributed by atoms with Crippen molar-refractivity contribution < 1.29 is 44.3 Å². The van der Waals surface area contributed by atoms with E-state index in [9.17, 15) is 9.90 Å². The van der Waals surface area contributed by atoms with Crippen LogP contribution in [0.25, 0.3) is 0 Å². The van der Waals surface area contributed by atoms with Crippen molar-refractivity contribution in [2.75, 3.05) is 6.61 Å². The fourth-order valence-corrected chi connectivity index (χ4v) is 1.92. The van der Waals surface area contributed by atoms with Crippen LogP contribution in [0.2, 0.25) is 0 Å². The Morgan fingerprint density at radius 2 is 1.83 bits per heavy atom. The van der Waals surface area contributed by atoms with Gasteiger partial charge in [0.05, 0.1) is 0 Å². The van der Waals surface area contributed by atoms with Gasteiger partial charge in [-0.05, 0) is 31.4 Å². The number of aliphatic carboxylic acids is 1. The van der Waals surface area contributed by atoms with E-state index in [0.717, 1.165) is 11.1 Å². The first kappa shape index (κ1) is 19.4. The Bertz CT molecular complexity index is 577. The molecular formula is C17H17N2NaO3. The van der Waals surface area contributed by atoms with Gasteiger partial charge < -0.3 is 14.7 Å². The van der Waals surface area contributed by atoms with Gasteiger partial charge in [-0.15, -0.1) is 0 Å². The minimum Gasteiger partial charge on any atom is -0.550 e. The van der Waals surface area contributed by atoms with E-state index >= 15 is 0 Å². The van der Waals surface area contributed by atoms with Crippen LogP contribution < -0.4 is 34.7 Å². The molecule has 0 amide bonds. The summed E-state index contributed by atoms with van der Waals surface area (Å²) in [6.45, 7) is 0.365. The smallest absolute Gasteiger partial charge is 0.550 e. The monoisotopic (exact) mass is 320 g/mol. The van der Waals surface area contributed by atoms with Gasteiger partial charge in [-0.1, -0.05) is 35.5 Å². The molecule has 2 rings (SSSR count). The molecule has 0 unspecified atom stereocenters. The van der Waals surface area contributed by atoms with Crippen LogP contribution in [0.5, 0.6) is 0 Å². The Labute approximate surface area is 157 Å². The second kappa shape index (κ2) is 10.9. The summed E-state index contributed by atoms with van der Waals surface area (Å²) in [4.78, 5) is 19.8. The van der Waals surface area contributed by atoms with E-state index in [1.807, 2.05) is 42.5 Å². The van der Waals surface area contributed by atoms with Crippen LogP contribution in [0.1, 0.15) is 30.4 Å². The number of pyridine rings is 1. The maximum absolute atomic E-state index is 10.3. The minimum atomic E-state index is -1.04. The molecular weight excluding hydrogens is 303 g/mol. The van der Waals surface area contributed by atoms with Gasteiger partial charge in [0.1, 0.15) is 12.3 Å². The van der Waals surface area contributed by atoms with E-state index in [-0.39, 0.29) is 36.0 Å². The van der Waals surface area contributed by atoms with Crippen molar-refractivity contribution in [1.82, 2.24) is 4.98 Å². The maximum Gasteiger partial charge on any atom is 1.00 e. The summed E-state index contributed by atoms with van der Waals surface area (Å²) >= 11 is 0. The van der Waals surface area contributed by atoms with Crippen molar-refractivity contribution in [2.45, 2.75) is 19.3 Å². The molecule has 5 nitrogen and oxygen atoms in total. The number of carbonyl (C=O) groups excluding carboxylic acids is 1. The normalized spacial score (nSPS) is 10.7. The van der Waals surface area contributed by atoms with E-state index in [1.54, 1.807) is 12.4 Å². The number of hydrogen-bond donors (Lipinski definition) is 0. The Balaban J connectivity index is 0.00000264. The van der Waals surface area contributed by atoms with Crippen molar-refractivity contribution in [3.8, 4) is 0 Å². The third-order valence-corrected chi connectivity index (χ3v) is 3.00. The number of carbonyl (C=O) groups is 1. The largest absolute Gasteiger partial charge is 1.00 e. The summed E-state index contributed by atoms with van der Waals surface area (Å²) in [6, 6.07) is 13.5. The van der Waals surface area contributed by atoms with Crippen LogP contribution in [0, 0.1) is 0 Å². The number of nitrogens with zero attached hydrogens (tertiary/aromatic N) is 2. The molecule has 0 saturated carbocycles. The second-order valence-electron chi connectivity index (χ2n) is 4.71. The SMILES string of the molecule is O=C([O-])CCCCO/N=C(\c1ccccc1)c1cccnc1.[Na+]. The molecule has 0 aliphatic rings. The van der Waals surface area contributed by atoms with Crippen LogP contribution in [0.3, 0.4) is 0 Å². The summed E-state index contributed by atoms with van der Waals surface area (Å²) in [7, 11) is 0. The quantitative estimate of drug-likeness (QED) is 0.264. The van der Waals surface area contributed by atoms with Gasteiger partial charge in [0, 0.05) is 29.5 Å². The van der Waals surface area contributed by atoms with Gasteiger partial charge >= 0.3 is 29.6 Å². The van der Waals surface area contributed by atoms with Crippen LogP contribution in [-0.4, -0.2) is 23.3 Å². The average Bonchev–Trinajstić information content (AvgIpc) is 2.55. The topological polar surface area (TPSA) is 74.6 Å². The van der Waals surface area contributed by atoms with Crippen molar-refractivity contribution in [2.24, 2.45) is 5.16 Å². The fraction of sp³-hybridized carbons (Fsp3) is 0.235. The predicted molar refractivity (Wildman–Crippen MR) is 81.1 cm³/mol. The van der Waals surface area contributed by atoms with Crippen molar-refractivity contribution >= 4 is 11.7 Å². The average molecular weight is 320 g/mol. The molecule has 23 heavy (non-hydrogen) atoms. The summed E-state index contributed by atoms with van der Waals surface area (Å²) in [6.07, 6.45) is 4.61. The number of carboxylic acid groups (broad SMARTS) is 1. The molecule has 0 saturated heterocycles. The molecule has 6 heteroatoms. The van der Waals surface area contributed by atoms with E-state index in [0.29, 0.717) is 25.2 Å². The van der Waals surface area contributed by atoms with Gasteiger partial charge in [-0.25, -0.2) is 0 Å². The second-order valence-corrected chi connectivity index (χ2v) is 4.71. The Morgan fingerprint density at radius 3 is 2.48 bits per heavy atom. The molecule has 1 heterocycles. The molecule has 0 bridgehead atoms. The van der Waals surface area contributed by atoms with E-state index < -0.39 is 5.97 Å². The summed E-state index contributed by atoms with van der Waals surface area (Å²) in [5.74, 6) is -1.04. The number of unbranched alkanes of at least 4 members (excludes halogenated alkanes) is 1. The number of rotatable bonds is 8. The van der Waals surface area contributed by atoms with Crippen molar-refractivity contribution in [3.05, 3.63) is 66.0 Å². The molecule has 0 spiro atoms. The summed E-state index contributed by atoms with van der Waals surface area (Å²) < 4.78 is 0. The van der Waals surface area contributed by atoms with E-state index in [2.05, 4.69) is 10.1 Å². The first-order valence-electron chi connectivity index (χ1n) is 7.13. The molecule has 114 valence electrons. The van der Waals surface area contributed by atoms with Gasteiger partial charge in [0.2, 0.25) is 0 Å². The van der Waals surface area contributed by atoms with Crippen molar-refractivity contribution in [3.63, 3.8) is 0 Å². The van der Waals surface area contributed by atoms with Gasteiger partial charge in [0.25, 0.3) is 0 Å². The van der Waals surface area contributed by atoms with Crippen LogP contribution in [-0.2, 0) is 9.63 Å². The van der Waals surface area contributed by atoms with Crippen LogP contribution in [0.4, 0.5) is 0 Å².